The molecular weight excluding hydrogens is 256 g/mol. The molecule has 2 aliphatic rings. The van der Waals surface area contributed by atoms with Crippen LogP contribution in [0.2, 0.25) is 0 Å². The fourth-order valence-electron chi connectivity index (χ4n) is 2.99. The lowest BCUT2D eigenvalue weighted by molar-refractivity contribution is 0.178. The van der Waals surface area contributed by atoms with Gasteiger partial charge in [-0.25, -0.2) is 0 Å². The minimum absolute atomic E-state index is 0.148. The van der Waals surface area contributed by atoms with Crippen LogP contribution in [0, 0.1) is 5.92 Å². The number of nitrogens with one attached hydrogen (secondary N) is 1. The molecule has 110 valence electrons. The number of nitrogens with two attached hydrogens (primary N) is 1. The predicted molar refractivity (Wildman–Crippen MR) is 77.5 cm³/mol. The molecule has 0 aromatic carbocycles. The summed E-state index contributed by atoms with van der Waals surface area (Å²) in [6.45, 7) is 2.75. The van der Waals surface area contributed by atoms with Crippen LogP contribution in [0.5, 0.6) is 0 Å². The summed E-state index contributed by atoms with van der Waals surface area (Å²) in [5.74, 6) is 1.96. The summed E-state index contributed by atoms with van der Waals surface area (Å²) in [6, 6.07) is 0. The number of hydrogen-bond donors (Lipinski definition) is 3. The molecule has 0 amide bonds. The third-order valence-electron chi connectivity index (χ3n) is 4.09. The molecule has 2 unspecified atom stereocenters. The first-order chi connectivity index (χ1) is 9.70. The smallest absolute Gasteiger partial charge is 0.231 e. The molecule has 7 heteroatoms. The van der Waals surface area contributed by atoms with Gasteiger partial charge in [-0.2, -0.15) is 15.0 Å². The summed E-state index contributed by atoms with van der Waals surface area (Å²) in [4.78, 5) is 14.9. The van der Waals surface area contributed by atoms with Crippen LogP contribution in [-0.4, -0.2) is 45.8 Å². The average molecular weight is 278 g/mol. The lowest BCUT2D eigenvalue weighted by atomic mass is 10.1. The maximum absolute atomic E-state index is 9.53. The van der Waals surface area contributed by atoms with Crippen molar-refractivity contribution >= 4 is 17.8 Å². The van der Waals surface area contributed by atoms with Gasteiger partial charge in [0, 0.05) is 19.6 Å². The Kier molecular flexibility index (Phi) is 3.86. The zero-order valence-electron chi connectivity index (χ0n) is 11.6. The summed E-state index contributed by atoms with van der Waals surface area (Å²) < 4.78 is 0. The molecule has 2 fully saturated rings. The molecule has 1 aromatic rings. The molecule has 0 spiro atoms. The van der Waals surface area contributed by atoms with Gasteiger partial charge in [-0.05, 0) is 38.0 Å². The maximum atomic E-state index is 9.53. The van der Waals surface area contributed by atoms with E-state index < -0.39 is 0 Å². The lowest BCUT2D eigenvalue weighted by Gasteiger charge is -2.16. The minimum Gasteiger partial charge on any atom is -0.393 e. The summed E-state index contributed by atoms with van der Waals surface area (Å²) in [7, 11) is 0. The van der Waals surface area contributed by atoms with E-state index in [0.717, 1.165) is 38.9 Å². The van der Waals surface area contributed by atoms with Crippen LogP contribution in [0.3, 0.4) is 0 Å². The first-order valence-electron chi connectivity index (χ1n) is 7.39. The van der Waals surface area contributed by atoms with Crippen molar-refractivity contribution in [1.29, 1.82) is 0 Å². The molecular formula is C13H22N6O. The zero-order chi connectivity index (χ0) is 13.9. The molecule has 2 atom stereocenters. The van der Waals surface area contributed by atoms with Crippen molar-refractivity contribution in [3.63, 3.8) is 0 Å². The first kappa shape index (κ1) is 13.4. The number of hydrogen-bond acceptors (Lipinski definition) is 7. The second kappa shape index (κ2) is 5.78. The van der Waals surface area contributed by atoms with Gasteiger partial charge in [-0.1, -0.05) is 0 Å². The highest BCUT2D eigenvalue weighted by Crippen LogP contribution is 2.25. The second-order valence-electron chi connectivity index (χ2n) is 5.73. The van der Waals surface area contributed by atoms with Crippen molar-refractivity contribution in [3.05, 3.63) is 0 Å². The number of anilines is 3. The standard InChI is InChI=1S/C13H22N6O/c14-11-16-12(15-8-9-3-4-10(20)7-9)18-13(17-11)19-5-1-2-6-19/h9-10,20H,1-8H2,(H3,14,15,16,17,18). The normalized spacial score (nSPS) is 26.1. The molecule has 20 heavy (non-hydrogen) atoms. The summed E-state index contributed by atoms with van der Waals surface area (Å²) in [5, 5.41) is 12.8. The zero-order valence-corrected chi connectivity index (χ0v) is 11.6. The van der Waals surface area contributed by atoms with E-state index in [9.17, 15) is 5.11 Å². The Morgan fingerprint density at radius 2 is 2.00 bits per heavy atom. The van der Waals surface area contributed by atoms with E-state index in [4.69, 9.17) is 5.73 Å². The predicted octanol–water partition coefficient (Wildman–Crippen LogP) is 0.627. The van der Waals surface area contributed by atoms with Crippen LogP contribution in [-0.2, 0) is 0 Å². The average Bonchev–Trinajstić information content (AvgIpc) is 3.07. The van der Waals surface area contributed by atoms with Crippen LogP contribution in [0.4, 0.5) is 17.8 Å². The van der Waals surface area contributed by atoms with E-state index in [0.29, 0.717) is 17.8 Å². The molecule has 7 nitrogen and oxygen atoms in total. The topological polar surface area (TPSA) is 100 Å². The van der Waals surface area contributed by atoms with E-state index in [2.05, 4.69) is 25.2 Å². The molecule has 1 aliphatic carbocycles. The van der Waals surface area contributed by atoms with Crippen LogP contribution < -0.4 is 16.0 Å². The number of nitrogen functional groups attached to an aromatic ring is 1. The molecule has 3 rings (SSSR count). The quantitative estimate of drug-likeness (QED) is 0.742. The minimum atomic E-state index is -0.148. The van der Waals surface area contributed by atoms with E-state index in [1.807, 2.05) is 0 Å². The summed E-state index contributed by atoms with van der Waals surface area (Å²) in [6.07, 6.45) is 5.00. The van der Waals surface area contributed by atoms with Crippen molar-refractivity contribution in [1.82, 2.24) is 15.0 Å². The largest absolute Gasteiger partial charge is 0.393 e. The van der Waals surface area contributed by atoms with Crippen molar-refractivity contribution in [2.75, 3.05) is 35.6 Å². The SMILES string of the molecule is Nc1nc(NCC2CCC(O)C2)nc(N2CCCC2)n1. The van der Waals surface area contributed by atoms with Crippen LogP contribution in [0.15, 0.2) is 0 Å². The summed E-state index contributed by atoms with van der Waals surface area (Å²) >= 11 is 0. The Balaban J connectivity index is 1.63. The number of nitrogens with zero attached hydrogens (tertiary/aromatic N) is 4. The molecule has 1 aromatic heterocycles. The Morgan fingerprint density at radius 3 is 2.70 bits per heavy atom. The number of rotatable bonds is 4. The molecule has 1 aliphatic heterocycles. The van der Waals surface area contributed by atoms with E-state index >= 15 is 0 Å². The van der Waals surface area contributed by atoms with Crippen molar-refractivity contribution < 1.29 is 5.11 Å². The van der Waals surface area contributed by atoms with Gasteiger partial charge < -0.3 is 21.1 Å². The van der Waals surface area contributed by atoms with Crippen molar-refractivity contribution in [3.8, 4) is 0 Å². The monoisotopic (exact) mass is 278 g/mol. The highest BCUT2D eigenvalue weighted by atomic mass is 16.3. The second-order valence-corrected chi connectivity index (χ2v) is 5.73. The first-order valence-corrected chi connectivity index (χ1v) is 7.39. The van der Waals surface area contributed by atoms with Crippen LogP contribution in [0.1, 0.15) is 32.1 Å². The molecule has 0 bridgehead atoms. The van der Waals surface area contributed by atoms with E-state index in [1.165, 1.54) is 12.8 Å². The Bertz CT molecular complexity index is 462. The van der Waals surface area contributed by atoms with Gasteiger partial charge in [0.15, 0.2) is 0 Å². The number of aliphatic hydroxyl groups excluding tert-OH is 1. The van der Waals surface area contributed by atoms with Gasteiger partial charge in [0.05, 0.1) is 6.10 Å². The molecule has 1 saturated heterocycles. The number of aliphatic hydroxyl groups is 1. The van der Waals surface area contributed by atoms with Crippen molar-refractivity contribution in [2.24, 2.45) is 5.92 Å². The number of aromatic nitrogens is 3. The Labute approximate surface area is 118 Å². The van der Waals surface area contributed by atoms with Crippen molar-refractivity contribution in [2.45, 2.75) is 38.2 Å². The Morgan fingerprint density at radius 1 is 1.20 bits per heavy atom. The molecule has 2 heterocycles. The lowest BCUT2D eigenvalue weighted by Crippen LogP contribution is -2.23. The third-order valence-corrected chi connectivity index (χ3v) is 4.09. The molecule has 0 radical (unpaired) electrons. The highest BCUT2D eigenvalue weighted by molar-refractivity contribution is 5.42. The fraction of sp³-hybridized carbons (Fsp3) is 0.769. The van der Waals surface area contributed by atoms with E-state index in [1.54, 1.807) is 0 Å². The van der Waals surface area contributed by atoms with E-state index in [-0.39, 0.29) is 12.1 Å². The van der Waals surface area contributed by atoms with Gasteiger partial charge in [0.2, 0.25) is 17.8 Å². The third kappa shape index (κ3) is 3.09. The van der Waals surface area contributed by atoms with Gasteiger partial charge >= 0.3 is 0 Å². The molecule has 4 N–H and O–H groups in total. The van der Waals surface area contributed by atoms with Crippen LogP contribution in [0.25, 0.3) is 0 Å². The van der Waals surface area contributed by atoms with Gasteiger partial charge in [0.1, 0.15) is 0 Å². The highest BCUT2D eigenvalue weighted by Gasteiger charge is 2.23. The van der Waals surface area contributed by atoms with Gasteiger partial charge in [-0.15, -0.1) is 0 Å². The van der Waals surface area contributed by atoms with Gasteiger partial charge in [-0.3, -0.25) is 0 Å². The van der Waals surface area contributed by atoms with Gasteiger partial charge in [0.25, 0.3) is 0 Å². The fourth-order valence-corrected chi connectivity index (χ4v) is 2.99. The maximum Gasteiger partial charge on any atom is 0.231 e. The summed E-state index contributed by atoms with van der Waals surface area (Å²) in [5.41, 5.74) is 5.76. The Hall–Kier alpha value is -1.63. The molecule has 1 saturated carbocycles. The van der Waals surface area contributed by atoms with Crippen LogP contribution >= 0.6 is 0 Å².